The normalized spacial score (nSPS) is 15.8. The molecule has 15 heteroatoms. The van der Waals surface area contributed by atoms with Gasteiger partial charge < -0.3 is 24.3 Å². The minimum absolute atomic E-state index is 0.0383. The number of nitrogens with one attached hydrogen (secondary N) is 2. The van der Waals surface area contributed by atoms with Crippen LogP contribution in [-0.2, 0) is 37.5 Å². The highest BCUT2D eigenvalue weighted by Gasteiger charge is 2.46. The molecule has 50 heavy (non-hydrogen) atoms. The van der Waals surface area contributed by atoms with E-state index in [-0.39, 0.29) is 37.3 Å². The highest BCUT2D eigenvalue weighted by Crippen LogP contribution is 2.33. The van der Waals surface area contributed by atoms with E-state index in [4.69, 9.17) is 9.47 Å². The third-order valence-electron chi connectivity index (χ3n) is 9.11. The van der Waals surface area contributed by atoms with E-state index in [1.54, 1.807) is 33.7 Å². The first-order valence-corrected chi connectivity index (χ1v) is 18.0. The van der Waals surface area contributed by atoms with Crippen molar-refractivity contribution in [3.8, 4) is 5.75 Å². The van der Waals surface area contributed by atoms with E-state index in [0.29, 0.717) is 59.9 Å². The molecule has 2 heterocycles. The number of hydrogen-bond donors (Lipinski definition) is 2. The van der Waals surface area contributed by atoms with E-state index in [0.717, 1.165) is 41.2 Å². The number of benzene rings is 3. The molecule has 2 aliphatic rings. The van der Waals surface area contributed by atoms with E-state index < -0.39 is 27.9 Å². The van der Waals surface area contributed by atoms with Gasteiger partial charge in [0.25, 0.3) is 5.91 Å². The predicted octanol–water partition coefficient (Wildman–Crippen LogP) is 5.72. The van der Waals surface area contributed by atoms with E-state index in [1.807, 2.05) is 36.4 Å². The van der Waals surface area contributed by atoms with E-state index in [9.17, 15) is 36.0 Å². The summed E-state index contributed by atoms with van der Waals surface area (Å²) in [6.45, 7) is 1.36. The van der Waals surface area contributed by atoms with Gasteiger partial charge in [-0.1, -0.05) is 43.2 Å². The number of fused-ring (bicyclic) bond motifs is 2. The molecular formula is C35H37F3N4O7S. The quantitative estimate of drug-likeness (QED) is 0.203. The number of anilines is 1. The number of rotatable bonds is 11. The summed E-state index contributed by atoms with van der Waals surface area (Å²) in [4.78, 5) is 41.3. The molecular weight excluding hydrogens is 677 g/mol. The third kappa shape index (κ3) is 7.73. The number of carbonyl (C=O) groups is 3. The van der Waals surface area contributed by atoms with Crippen LogP contribution < -0.4 is 14.8 Å². The van der Waals surface area contributed by atoms with Crippen molar-refractivity contribution >= 4 is 55.1 Å². The van der Waals surface area contributed by atoms with Crippen LogP contribution in [-0.4, -0.2) is 67.4 Å². The third-order valence-corrected chi connectivity index (χ3v) is 10.2. The molecule has 0 radical (unpaired) electrons. The zero-order chi connectivity index (χ0) is 35.5. The number of ether oxygens (including phenoxy) is 2. The fourth-order valence-electron chi connectivity index (χ4n) is 6.55. The second-order valence-electron chi connectivity index (χ2n) is 12.5. The SMILES string of the molecule is O=C(CCCn1c(COc2ccc3ccccc3c2)c(C(=O)N2CCOCC2)c2cc(NC(=O)C3CCCC3)ccc21)NS(=O)(=O)C(F)(F)F. The maximum absolute atomic E-state index is 14.3. The molecule has 4 aromatic rings. The molecule has 0 unspecified atom stereocenters. The molecule has 1 aromatic heterocycles. The Balaban J connectivity index is 1.37. The summed E-state index contributed by atoms with van der Waals surface area (Å²) in [5.41, 5.74) is -3.79. The average Bonchev–Trinajstić information content (AvgIpc) is 3.74. The number of nitrogens with zero attached hydrogens (tertiary/aromatic N) is 2. The predicted molar refractivity (Wildman–Crippen MR) is 180 cm³/mol. The lowest BCUT2D eigenvalue weighted by Crippen LogP contribution is -2.41. The number of halogens is 3. The first-order valence-electron chi connectivity index (χ1n) is 16.5. The number of aryl methyl sites for hydroxylation is 1. The van der Waals surface area contributed by atoms with Crippen LogP contribution in [0.4, 0.5) is 18.9 Å². The fourth-order valence-corrected chi connectivity index (χ4v) is 7.07. The Morgan fingerprint density at radius 3 is 2.38 bits per heavy atom. The molecule has 1 aliphatic carbocycles. The molecule has 0 atom stereocenters. The van der Waals surface area contributed by atoms with E-state index in [1.165, 1.54) is 0 Å². The van der Waals surface area contributed by atoms with Gasteiger partial charge in [-0.3, -0.25) is 14.4 Å². The van der Waals surface area contributed by atoms with Crippen molar-refractivity contribution in [2.45, 2.75) is 57.2 Å². The number of sulfonamides is 1. The number of morpholine rings is 1. The first-order chi connectivity index (χ1) is 23.9. The lowest BCUT2D eigenvalue weighted by Gasteiger charge is -2.27. The first kappa shape index (κ1) is 35.2. The summed E-state index contributed by atoms with van der Waals surface area (Å²) in [6, 6.07) is 18.5. The molecule has 0 bridgehead atoms. The lowest BCUT2D eigenvalue weighted by molar-refractivity contribution is -0.120. The van der Waals surface area contributed by atoms with Crippen molar-refractivity contribution in [1.82, 2.24) is 14.2 Å². The second kappa shape index (κ2) is 14.7. The fraction of sp³-hybridized carbons (Fsp3) is 0.400. The number of hydrogen-bond acceptors (Lipinski definition) is 7. The maximum Gasteiger partial charge on any atom is 0.516 e. The minimum atomic E-state index is -5.85. The van der Waals surface area contributed by atoms with Gasteiger partial charge in [0.1, 0.15) is 12.4 Å². The largest absolute Gasteiger partial charge is 0.516 e. The Kier molecular flexibility index (Phi) is 10.3. The van der Waals surface area contributed by atoms with Crippen molar-refractivity contribution in [2.24, 2.45) is 5.92 Å². The van der Waals surface area contributed by atoms with Crippen LogP contribution in [0.2, 0.25) is 0 Å². The topological polar surface area (TPSA) is 136 Å². The van der Waals surface area contributed by atoms with Gasteiger partial charge in [0.2, 0.25) is 11.8 Å². The van der Waals surface area contributed by atoms with Crippen LogP contribution in [0.1, 0.15) is 54.6 Å². The van der Waals surface area contributed by atoms with E-state index in [2.05, 4.69) is 5.32 Å². The van der Waals surface area contributed by atoms with Crippen molar-refractivity contribution in [2.75, 3.05) is 31.6 Å². The van der Waals surface area contributed by atoms with Crippen molar-refractivity contribution < 1.29 is 45.4 Å². The number of alkyl halides is 3. The van der Waals surface area contributed by atoms with Crippen LogP contribution in [0.3, 0.4) is 0 Å². The zero-order valence-corrected chi connectivity index (χ0v) is 27.9. The average molecular weight is 715 g/mol. The summed E-state index contributed by atoms with van der Waals surface area (Å²) >= 11 is 0. The monoisotopic (exact) mass is 714 g/mol. The summed E-state index contributed by atoms with van der Waals surface area (Å²) in [6.07, 6.45) is 2.98. The van der Waals surface area contributed by atoms with Crippen molar-refractivity contribution in [3.05, 3.63) is 71.9 Å². The summed E-state index contributed by atoms with van der Waals surface area (Å²) < 4.78 is 76.1. The molecule has 6 rings (SSSR count). The molecule has 1 aliphatic heterocycles. The molecule has 2 N–H and O–H groups in total. The molecule has 2 fully saturated rings. The van der Waals surface area contributed by atoms with Crippen LogP contribution in [0.15, 0.2) is 60.7 Å². The zero-order valence-electron chi connectivity index (χ0n) is 27.1. The Morgan fingerprint density at radius 1 is 0.940 bits per heavy atom. The Labute approximate surface area is 286 Å². The standard InChI is InChI=1S/C35H37F3N4O7S/c36-35(37,38)50(46,47)40-31(43)10-5-15-42-29-14-12-26(39-33(44)24-7-2-3-8-24)21-28(29)32(34(45)41-16-18-48-19-17-41)30(42)22-49-27-13-11-23-6-1-4-9-25(23)20-27/h1,4,6,9,11-14,20-21,24H,2-3,5,7-8,10,15-19,22H2,(H,39,44)(H,40,43). The van der Waals surface area contributed by atoms with Crippen molar-refractivity contribution in [3.63, 3.8) is 0 Å². The van der Waals surface area contributed by atoms with Gasteiger partial charge in [-0.25, -0.2) is 4.72 Å². The molecule has 3 aromatic carbocycles. The summed E-state index contributed by atoms with van der Waals surface area (Å²) in [5, 5.41) is 5.46. The van der Waals surface area contributed by atoms with Gasteiger partial charge >= 0.3 is 15.5 Å². The summed E-state index contributed by atoms with van der Waals surface area (Å²) in [7, 11) is -5.85. The van der Waals surface area contributed by atoms with Crippen LogP contribution >= 0.6 is 0 Å². The van der Waals surface area contributed by atoms with Gasteiger partial charge in [0.15, 0.2) is 0 Å². The minimum Gasteiger partial charge on any atom is -0.487 e. The van der Waals surface area contributed by atoms with E-state index >= 15 is 0 Å². The van der Waals surface area contributed by atoms with Crippen LogP contribution in [0, 0.1) is 5.92 Å². The maximum atomic E-state index is 14.3. The second-order valence-corrected chi connectivity index (χ2v) is 14.1. The highest BCUT2D eigenvalue weighted by molar-refractivity contribution is 7.90. The van der Waals surface area contributed by atoms with Gasteiger partial charge in [0, 0.05) is 48.6 Å². The van der Waals surface area contributed by atoms with Gasteiger partial charge in [-0.2, -0.15) is 21.6 Å². The van der Waals surface area contributed by atoms with Gasteiger partial charge in [-0.15, -0.1) is 0 Å². The highest BCUT2D eigenvalue weighted by atomic mass is 32.2. The van der Waals surface area contributed by atoms with Gasteiger partial charge in [0.05, 0.1) is 24.5 Å². The molecule has 1 saturated carbocycles. The number of carbonyl (C=O) groups excluding carboxylic acids is 3. The van der Waals surface area contributed by atoms with Crippen LogP contribution in [0.25, 0.3) is 21.7 Å². The number of amides is 3. The Hall–Kier alpha value is -4.63. The van der Waals surface area contributed by atoms with Crippen molar-refractivity contribution in [1.29, 1.82) is 0 Å². The Bertz CT molecular complexity index is 2020. The molecule has 266 valence electrons. The van der Waals surface area contributed by atoms with Gasteiger partial charge in [-0.05, 0) is 60.4 Å². The lowest BCUT2D eigenvalue weighted by atomic mass is 10.1. The molecule has 3 amide bonds. The number of aromatic nitrogens is 1. The van der Waals surface area contributed by atoms with Crippen LogP contribution in [0.5, 0.6) is 5.75 Å². The molecule has 0 spiro atoms. The smallest absolute Gasteiger partial charge is 0.487 e. The Morgan fingerprint density at radius 2 is 1.66 bits per heavy atom. The molecule has 1 saturated heterocycles. The summed E-state index contributed by atoms with van der Waals surface area (Å²) in [5.74, 6) is -1.26. The molecule has 11 nitrogen and oxygen atoms in total.